The molecule has 26 heteroatoms. The Morgan fingerprint density at radius 1 is 0.797 bits per heavy atom. The van der Waals surface area contributed by atoms with Crippen molar-refractivity contribution in [3.8, 4) is 0 Å². The quantitative estimate of drug-likeness (QED) is 0.150. The second kappa shape index (κ2) is 28.2. The number of hydrogen-bond donors (Lipinski definition) is 5. The van der Waals surface area contributed by atoms with Crippen molar-refractivity contribution >= 4 is 112 Å². The number of fused-ring (bicyclic) bond motifs is 5. The highest BCUT2D eigenvalue weighted by molar-refractivity contribution is 8.16. The number of ether oxygens (including phenoxy) is 2. The van der Waals surface area contributed by atoms with Gasteiger partial charge in [-0.15, -0.1) is 23.5 Å². The number of para-hydroxylation sites is 4. The molecule has 0 aliphatic carbocycles. The molecule has 0 spiro atoms. The topological polar surface area (TPSA) is 304 Å². The third-order valence-electron chi connectivity index (χ3n) is 13.6. The van der Waals surface area contributed by atoms with Gasteiger partial charge < -0.3 is 55.4 Å². The zero-order valence-electron chi connectivity index (χ0n) is 46.5. The van der Waals surface area contributed by atoms with Crippen LogP contribution < -0.4 is 21.3 Å². The van der Waals surface area contributed by atoms with E-state index in [1.807, 2.05) is 0 Å². The van der Waals surface area contributed by atoms with Gasteiger partial charge in [0.25, 0.3) is 11.8 Å². The van der Waals surface area contributed by atoms with Gasteiger partial charge in [0, 0.05) is 40.4 Å². The molecule has 2 aromatic carbocycles. The summed E-state index contributed by atoms with van der Waals surface area (Å²) in [7, 11) is 5.48. The maximum Gasteiger partial charge on any atom is 0.329 e. The number of carbonyl (C=O) groups excluding carboxylic acids is 9. The minimum absolute atomic E-state index is 0.101. The Kier molecular flexibility index (Phi) is 22.4. The molecule has 0 saturated carbocycles. The Balaban J connectivity index is 1.61. The van der Waals surface area contributed by atoms with Gasteiger partial charge in [0.2, 0.25) is 35.4 Å². The molecule has 428 valence electrons. The second-order valence-electron chi connectivity index (χ2n) is 19.9. The Bertz CT molecular complexity index is 2800. The lowest BCUT2D eigenvalue weighted by Crippen LogP contribution is -2.61. The Labute approximate surface area is 468 Å². The summed E-state index contributed by atoms with van der Waals surface area (Å²) < 4.78 is 10.8. The average Bonchev–Trinajstić information content (AvgIpc) is 3.42. The summed E-state index contributed by atoms with van der Waals surface area (Å²) in [6.45, 7) is 13.3. The highest BCUT2D eigenvalue weighted by Gasteiger charge is 2.45. The number of likely N-dealkylation sites (N-methyl/N-ethyl adjacent to an activating group) is 4. The molecule has 79 heavy (non-hydrogen) atoms. The van der Waals surface area contributed by atoms with E-state index in [1.54, 1.807) is 82.5 Å². The van der Waals surface area contributed by atoms with Crippen LogP contribution in [0.3, 0.4) is 0 Å². The number of esters is 1. The van der Waals surface area contributed by atoms with E-state index in [0.29, 0.717) is 22.4 Å². The molecule has 3 heterocycles. The lowest BCUT2D eigenvalue weighted by Gasteiger charge is -2.40. The predicted octanol–water partition coefficient (Wildman–Crippen LogP) is 1.68. The van der Waals surface area contributed by atoms with Crippen LogP contribution in [0.5, 0.6) is 0 Å². The summed E-state index contributed by atoms with van der Waals surface area (Å²) in [6, 6.07) is 2.46. The van der Waals surface area contributed by atoms with E-state index in [9.17, 15) is 38.7 Å². The van der Waals surface area contributed by atoms with E-state index in [2.05, 4.69) is 47.9 Å². The van der Waals surface area contributed by atoms with Crippen LogP contribution in [0.15, 0.2) is 64.7 Å². The largest absolute Gasteiger partial charge is 0.464 e. The van der Waals surface area contributed by atoms with Crippen molar-refractivity contribution in [1.82, 2.24) is 50.8 Å². The third kappa shape index (κ3) is 15.4. The molecule has 2 unspecified atom stereocenters. The number of aromatic nitrogens is 2. The van der Waals surface area contributed by atoms with Crippen LogP contribution in [0.2, 0.25) is 0 Å². The number of hydrogen-bond acceptors (Lipinski definition) is 18. The molecule has 2 aliphatic rings. The van der Waals surface area contributed by atoms with Crippen LogP contribution in [0.25, 0.3) is 11.0 Å². The van der Waals surface area contributed by atoms with E-state index < -0.39 is 137 Å². The van der Waals surface area contributed by atoms with Crippen LogP contribution in [-0.2, 0) is 47.8 Å². The minimum Gasteiger partial charge on any atom is -0.464 e. The maximum absolute atomic E-state index is 15.2. The molecular weight excluding hydrogens is 1060 g/mol. The molecule has 5 N–H and O–H groups in total. The number of carbonyl (C=O) groups is 9. The van der Waals surface area contributed by atoms with Gasteiger partial charge in [-0.25, -0.2) is 14.8 Å². The van der Waals surface area contributed by atoms with Crippen LogP contribution >= 0.6 is 23.5 Å². The first-order valence-corrected chi connectivity index (χ1v) is 27.9. The van der Waals surface area contributed by atoms with Gasteiger partial charge in [0.05, 0.1) is 52.4 Å². The van der Waals surface area contributed by atoms with E-state index in [-0.39, 0.29) is 23.6 Å². The van der Waals surface area contributed by atoms with E-state index in [1.165, 1.54) is 60.1 Å². The number of cyclic esters (lactones) is 1. The van der Waals surface area contributed by atoms with Gasteiger partial charge in [-0.05, 0) is 69.8 Å². The minimum atomic E-state index is -1.82. The molecule has 2 fully saturated rings. The molecule has 24 nitrogen and oxygen atoms in total. The van der Waals surface area contributed by atoms with Crippen molar-refractivity contribution in [2.24, 2.45) is 21.8 Å². The van der Waals surface area contributed by atoms with Crippen LogP contribution in [0.4, 0.5) is 11.4 Å². The lowest BCUT2D eigenvalue weighted by molar-refractivity contribution is -0.172. The smallest absolute Gasteiger partial charge is 0.329 e. The van der Waals surface area contributed by atoms with Crippen molar-refractivity contribution in [3.63, 3.8) is 0 Å². The van der Waals surface area contributed by atoms with Crippen molar-refractivity contribution in [2.75, 3.05) is 53.4 Å². The van der Waals surface area contributed by atoms with Crippen molar-refractivity contribution < 1.29 is 57.7 Å². The molecule has 0 radical (unpaired) electrons. The molecule has 3 aromatic rings. The number of aliphatic hydroxyl groups excluding tert-OH is 1. The standard InChI is InChI=1S/C53H72N12O12S2/c1-27(2)40-51(74)76-23-22-36(60-45(68)37-24-55-33-19-15-17-21-35(33)59-37)44(67)57-30(6)47(70)62(9)39-26-79-53(78-13)42(50(73)64(40)11)65(12)48(71)31(7)58-46(69)38(25-77-52(75)41(28(3)4)63(10)49(39)72)61-43(66)29(5)56-34-20-16-14-18-32(34)54-8/h14-21,24,27-28,30-31,36,38-42,52-53,75H,8,22-23,25-26H2,1-7,9-13H3,(H,57,67)(H,58,69)(H,60,68)(H,61,66)/b56-29+/t30-,31-,36+,38+,39-,40-,41-,42-,52?,53?/m0/s1. The number of aliphatic imine (C=N–C) groups is 2. The number of benzene rings is 2. The Morgan fingerprint density at radius 2 is 1.39 bits per heavy atom. The predicted molar refractivity (Wildman–Crippen MR) is 300 cm³/mol. The first-order chi connectivity index (χ1) is 37.3. The van der Waals surface area contributed by atoms with Crippen LogP contribution in [0.1, 0.15) is 65.4 Å². The molecular formula is C53H72N12O12S2. The molecule has 2 bridgehead atoms. The average molecular weight is 1130 g/mol. The van der Waals surface area contributed by atoms with E-state index in [4.69, 9.17) is 9.47 Å². The van der Waals surface area contributed by atoms with Crippen molar-refractivity contribution in [1.29, 1.82) is 0 Å². The zero-order valence-corrected chi connectivity index (χ0v) is 48.1. The number of aliphatic hydroxyl groups is 1. The molecule has 10 atom stereocenters. The van der Waals surface area contributed by atoms with E-state index >= 15 is 9.59 Å². The van der Waals surface area contributed by atoms with Gasteiger partial charge in [-0.1, -0.05) is 52.0 Å². The molecule has 1 aromatic heterocycles. The highest BCUT2D eigenvalue weighted by Crippen LogP contribution is 2.33. The fraction of sp³-hybridized carbons (Fsp3) is 0.528. The molecule has 2 saturated heterocycles. The zero-order chi connectivity index (χ0) is 58.6. The maximum atomic E-state index is 15.2. The summed E-state index contributed by atoms with van der Waals surface area (Å²) in [4.78, 5) is 152. The lowest BCUT2D eigenvalue weighted by atomic mass is 10.0. The normalized spacial score (nSPS) is 26.4. The number of amides is 8. The molecule has 2 aliphatic heterocycles. The third-order valence-corrected chi connectivity index (χ3v) is 16.4. The SMILES string of the molecule is C=Nc1ccccc1/N=C(\C)C(=O)N[C@@H]1COC(O)[C@H](C(C)C)N(C)C(=O)[C@@H]2CSC(SC)[C@H](C(=O)N(C)[C@@H](C(C)C)C(=O)OCC[C@@H](NC(=O)c3cnc4ccccc4n3)C(=O)N[C@@H](C)C(=O)N2C)N(C)C(=O)[C@H](C)NC1=O. The number of rotatable bonds is 9. The van der Waals surface area contributed by atoms with Crippen molar-refractivity contribution in [2.45, 2.75) is 114 Å². The summed E-state index contributed by atoms with van der Waals surface area (Å²) >= 11 is 2.20. The fourth-order valence-corrected chi connectivity index (χ4v) is 11.7. The number of nitrogens with one attached hydrogen (secondary N) is 4. The summed E-state index contributed by atoms with van der Waals surface area (Å²) in [6.07, 6.45) is 0.778. The summed E-state index contributed by atoms with van der Waals surface area (Å²) in [5.41, 5.74) is 1.39. The fourth-order valence-electron chi connectivity index (χ4n) is 9.11. The first-order valence-electron chi connectivity index (χ1n) is 25.6. The van der Waals surface area contributed by atoms with Gasteiger partial charge in [-0.3, -0.25) is 48.3 Å². The summed E-state index contributed by atoms with van der Waals surface area (Å²) in [5.74, 6) is -8.64. The Hall–Kier alpha value is -7.03. The van der Waals surface area contributed by atoms with Crippen LogP contribution in [-0.4, -0.2) is 213 Å². The van der Waals surface area contributed by atoms with Gasteiger partial charge in [-0.2, -0.15) is 0 Å². The number of nitrogens with zero attached hydrogens (tertiary/aromatic N) is 8. The van der Waals surface area contributed by atoms with Crippen LogP contribution in [0, 0.1) is 11.8 Å². The Morgan fingerprint density at radius 3 is 2.00 bits per heavy atom. The monoisotopic (exact) mass is 1130 g/mol. The van der Waals surface area contributed by atoms with Gasteiger partial charge in [0.15, 0.2) is 6.29 Å². The second-order valence-corrected chi connectivity index (χ2v) is 22.4. The highest BCUT2D eigenvalue weighted by atomic mass is 32.2. The van der Waals surface area contributed by atoms with E-state index in [0.717, 1.165) is 38.2 Å². The molecule has 8 amide bonds. The number of thioether (sulfide) groups is 2. The molecule has 5 rings (SSSR count). The van der Waals surface area contributed by atoms with Crippen molar-refractivity contribution in [3.05, 3.63) is 60.4 Å². The van der Waals surface area contributed by atoms with Gasteiger partial charge >= 0.3 is 5.97 Å². The first kappa shape index (κ1) is 62.8. The van der Waals surface area contributed by atoms with Gasteiger partial charge in [0.1, 0.15) is 53.7 Å². The summed E-state index contributed by atoms with van der Waals surface area (Å²) in [5, 5.41) is 22.3.